The number of likely N-dealkylation sites (N-methyl/N-ethyl adjacent to an activating group) is 1. The highest BCUT2D eigenvalue weighted by Crippen LogP contribution is 2.23. The van der Waals surface area contributed by atoms with Gasteiger partial charge >= 0.3 is 0 Å². The maximum Gasteiger partial charge on any atom is 0.257 e. The first kappa shape index (κ1) is 13.3. The van der Waals surface area contributed by atoms with Crippen LogP contribution < -0.4 is 20.5 Å². The lowest BCUT2D eigenvalue weighted by Crippen LogP contribution is -2.28. The molecule has 0 radical (unpaired) electrons. The number of ether oxygens (including phenoxy) is 2. The Bertz CT molecular complexity index is 380. The number of benzene rings is 1. The summed E-state index contributed by atoms with van der Waals surface area (Å²) in [6.07, 6.45) is 0. The van der Waals surface area contributed by atoms with Crippen LogP contribution in [0.1, 0.15) is 12.5 Å². The fourth-order valence-corrected chi connectivity index (χ4v) is 1.37. The molecule has 0 unspecified atom stereocenters. The van der Waals surface area contributed by atoms with Crippen molar-refractivity contribution in [3.8, 4) is 11.5 Å². The Morgan fingerprint density at radius 2 is 2.24 bits per heavy atom. The van der Waals surface area contributed by atoms with Crippen molar-refractivity contribution in [2.45, 2.75) is 13.5 Å². The van der Waals surface area contributed by atoms with E-state index in [9.17, 15) is 4.79 Å². The maximum absolute atomic E-state index is 11.2. The molecule has 1 aromatic carbocycles. The summed E-state index contributed by atoms with van der Waals surface area (Å²) in [6.45, 7) is 2.78. The van der Waals surface area contributed by atoms with Crippen LogP contribution in [0.15, 0.2) is 18.2 Å². The summed E-state index contributed by atoms with van der Waals surface area (Å²) >= 11 is 0. The van der Waals surface area contributed by atoms with Gasteiger partial charge < -0.3 is 20.5 Å². The van der Waals surface area contributed by atoms with E-state index in [0.29, 0.717) is 18.8 Å². The number of nitrogens with two attached hydrogens (primary N) is 1. The number of nitrogens with one attached hydrogen (secondary N) is 1. The highest BCUT2D eigenvalue weighted by molar-refractivity contribution is 5.77. The van der Waals surface area contributed by atoms with Gasteiger partial charge in [0, 0.05) is 18.7 Å². The first-order chi connectivity index (χ1) is 8.21. The highest BCUT2D eigenvalue weighted by Gasteiger charge is 2.06. The van der Waals surface area contributed by atoms with Crippen LogP contribution in [0.2, 0.25) is 0 Å². The van der Waals surface area contributed by atoms with Crippen LogP contribution in [-0.4, -0.2) is 26.2 Å². The third-order valence-corrected chi connectivity index (χ3v) is 2.22. The molecule has 1 aromatic rings. The number of hydrogen-bond acceptors (Lipinski definition) is 4. The monoisotopic (exact) mass is 238 g/mol. The van der Waals surface area contributed by atoms with E-state index in [-0.39, 0.29) is 12.5 Å². The Morgan fingerprint density at radius 1 is 1.47 bits per heavy atom. The summed E-state index contributed by atoms with van der Waals surface area (Å²) in [5, 5.41) is 2.66. The van der Waals surface area contributed by atoms with Gasteiger partial charge in [0.25, 0.3) is 5.91 Å². The number of carbonyl (C=O) groups excluding carboxylic acids is 1. The molecule has 0 aliphatic rings. The number of hydrogen-bond donors (Lipinski definition) is 2. The van der Waals surface area contributed by atoms with Crippen LogP contribution in [0.4, 0.5) is 0 Å². The molecule has 3 N–H and O–H groups in total. The average Bonchev–Trinajstić information content (AvgIpc) is 2.36. The number of methoxy groups -OCH3 is 1. The second-order valence-corrected chi connectivity index (χ2v) is 3.42. The minimum atomic E-state index is -0.147. The topological polar surface area (TPSA) is 73.6 Å². The predicted molar refractivity (Wildman–Crippen MR) is 65.1 cm³/mol. The standard InChI is InChI=1S/C12H18N2O3/c1-3-14-12(15)8-17-11-5-4-10(16-2)6-9(11)7-13/h4-6H,3,7-8,13H2,1-2H3,(H,14,15). The highest BCUT2D eigenvalue weighted by atomic mass is 16.5. The SMILES string of the molecule is CCNC(=O)COc1ccc(OC)cc1CN. The lowest BCUT2D eigenvalue weighted by atomic mass is 10.2. The van der Waals surface area contributed by atoms with Crippen molar-refractivity contribution in [2.75, 3.05) is 20.3 Å². The van der Waals surface area contributed by atoms with Crippen molar-refractivity contribution in [1.29, 1.82) is 0 Å². The van der Waals surface area contributed by atoms with Gasteiger partial charge in [-0.2, -0.15) is 0 Å². The van der Waals surface area contributed by atoms with Gasteiger partial charge in [-0.15, -0.1) is 0 Å². The molecule has 0 aliphatic carbocycles. The Labute approximate surface area is 101 Å². The van der Waals surface area contributed by atoms with E-state index in [1.165, 1.54) is 0 Å². The minimum Gasteiger partial charge on any atom is -0.497 e. The molecule has 0 aliphatic heterocycles. The molecule has 0 aromatic heterocycles. The van der Waals surface area contributed by atoms with Crippen LogP contribution in [0.25, 0.3) is 0 Å². The minimum absolute atomic E-state index is 0.00678. The van der Waals surface area contributed by atoms with E-state index >= 15 is 0 Å². The van der Waals surface area contributed by atoms with Crippen molar-refractivity contribution < 1.29 is 14.3 Å². The number of carbonyl (C=O) groups is 1. The zero-order chi connectivity index (χ0) is 12.7. The second kappa shape index (κ2) is 6.75. The van der Waals surface area contributed by atoms with Gasteiger partial charge in [-0.3, -0.25) is 4.79 Å². The first-order valence-corrected chi connectivity index (χ1v) is 5.47. The Morgan fingerprint density at radius 3 is 2.82 bits per heavy atom. The lowest BCUT2D eigenvalue weighted by molar-refractivity contribution is -0.122. The molecular formula is C12H18N2O3. The molecule has 0 saturated carbocycles. The largest absolute Gasteiger partial charge is 0.497 e. The Kier molecular flexibility index (Phi) is 5.29. The van der Waals surface area contributed by atoms with E-state index in [1.807, 2.05) is 6.92 Å². The molecule has 0 saturated heterocycles. The second-order valence-electron chi connectivity index (χ2n) is 3.42. The van der Waals surface area contributed by atoms with Gasteiger partial charge in [-0.1, -0.05) is 0 Å². The van der Waals surface area contributed by atoms with E-state index in [2.05, 4.69) is 5.32 Å². The Hall–Kier alpha value is -1.75. The van der Waals surface area contributed by atoms with E-state index in [0.717, 1.165) is 11.3 Å². The molecule has 0 fully saturated rings. The van der Waals surface area contributed by atoms with Gasteiger partial charge in [0.15, 0.2) is 6.61 Å². The summed E-state index contributed by atoms with van der Waals surface area (Å²) in [6, 6.07) is 5.32. The molecule has 1 rings (SSSR count). The third kappa shape index (κ3) is 3.96. The molecule has 17 heavy (non-hydrogen) atoms. The zero-order valence-electron chi connectivity index (χ0n) is 10.2. The molecule has 94 valence electrons. The summed E-state index contributed by atoms with van der Waals surface area (Å²) in [7, 11) is 1.59. The van der Waals surface area contributed by atoms with Crippen molar-refractivity contribution in [3.05, 3.63) is 23.8 Å². The van der Waals surface area contributed by atoms with Crippen molar-refractivity contribution in [2.24, 2.45) is 5.73 Å². The normalized spacial score (nSPS) is 9.82. The molecule has 1 amide bonds. The van der Waals surface area contributed by atoms with E-state index in [1.54, 1.807) is 25.3 Å². The van der Waals surface area contributed by atoms with Crippen molar-refractivity contribution >= 4 is 5.91 Å². The van der Waals surface area contributed by atoms with Crippen LogP contribution in [0.3, 0.4) is 0 Å². The van der Waals surface area contributed by atoms with Crippen LogP contribution >= 0.6 is 0 Å². The third-order valence-electron chi connectivity index (χ3n) is 2.22. The molecule has 0 spiro atoms. The smallest absolute Gasteiger partial charge is 0.257 e. The van der Waals surface area contributed by atoms with Gasteiger partial charge in [-0.25, -0.2) is 0 Å². The van der Waals surface area contributed by atoms with E-state index < -0.39 is 0 Å². The maximum atomic E-state index is 11.2. The lowest BCUT2D eigenvalue weighted by Gasteiger charge is -2.11. The fraction of sp³-hybridized carbons (Fsp3) is 0.417. The molecule has 5 nitrogen and oxygen atoms in total. The zero-order valence-corrected chi connectivity index (χ0v) is 10.2. The summed E-state index contributed by atoms with van der Waals surface area (Å²) in [5.74, 6) is 1.18. The molecule has 0 heterocycles. The summed E-state index contributed by atoms with van der Waals surface area (Å²) in [4.78, 5) is 11.2. The summed E-state index contributed by atoms with van der Waals surface area (Å²) < 4.78 is 10.5. The number of rotatable bonds is 6. The van der Waals surface area contributed by atoms with Crippen LogP contribution in [0.5, 0.6) is 11.5 Å². The molecule has 0 bridgehead atoms. The van der Waals surface area contributed by atoms with Gasteiger partial charge in [0.2, 0.25) is 0 Å². The van der Waals surface area contributed by atoms with Gasteiger partial charge in [0.1, 0.15) is 11.5 Å². The molecule has 0 atom stereocenters. The van der Waals surface area contributed by atoms with Crippen molar-refractivity contribution in [1.82, 2.24) is 5.32 Å². The summed E-state index contributed by atoms with van der Waals surface area (Å²) in [5.41, 5.74) is 6.42. The quantitative estimate of drug-likeness (QED) is 0.764. The first-order valence-electron chi connectivity index (χ1n) is 5.47. The molecule has 5 heteroatoms. The Balaban J connectivity index is 2.67. The molecular weight excluding hydrogens is 220 g/mol. The van der Waals surface area contributed by atoms with Gasteiger partial charge in [-0.05, 0) is 25.1 Å². The fourth-order valence-electron chi connectivity index (χ4n) is 1.37. The average molecular weight is 238 g/mol. The van der Waals surface area contributed by atoms with Crippen molar-refractivity contribution in [3.63, 3.8) is 0 Å². The van der Waals surface area contributed by atoms with Crippen LogP contribution in [0, 0.1) is 0 Å². The predicted octanol–water partition coefficient (Wildman–Crippen LogP) is 0.669. The number of amides is 1. The van der Waals surface area contributed by atoms with Gasteiger partial charge in [0.05, 0.1) is 7.11 Å². The van der Waals surface area contributed by atoms with Crippen LogP contribution in [-0.2, 0) is 11.3 Å². The van der Waals surface area contributed by atoms with E-state index in [4.69, 9.17) is 15.2 Å².